The van der Waals surface area contributed by atoms with Crippen LogP contribution in [0.4, 0.5) is 13.2 Å². The Morgan fingerprint density at radius 2 is 1.92 bits per heavy atom. The number of hydrogen-bond donors (Lipinski definition) is 0. The van der Waals surface area contributed by atoms with Gasteiger partial charge in [0.05, 0.1) is 13.0 Å². The van der Waals surface area contributed by atoms with E-state index in [1.807, 2.05) is 0 Å². The van der Waals surface area contributed by atoms with Gasteiger partial charge in [0.15, 0.2) is 0 Å². The lowest BCUT2D eigenvalue weighted by Crippen LogP contribution is -2.18. The summed E-state index contributed by atoms with van der Waals surface area (Å²) in [5, 5.41) is 0. The number of aromatic nitrogens is 1. The van der Waals surface area contributed by atoms with Crippen LogP contribution < -0.4 is 10.3 Å². The highest BCUT2D eigenvalue weighted by Gasteiger charge is 2.27. The van der Waals surface area contributed by atoms with Crippen molar-refractivity contribution in [3.8, 4) is 16.9 Å². The molecule has 0 saturated heterocycles. The molecule has 142 valence electrons. The first kappa shape index (κ1) is 20.1. The van der Waals surface area contributed by atoms with Crippen LogP contribution in [-0.4, -0.2) is 33.7 Å². The molecule has 1 aromatic heterocycles. The van der Waals surface area contributed by atoms with Crippen molar-refractivity contribution < 1.29 is 22.1 Å². The molecule has 0 aliphatic carbocycles. The fourth-order valence-corrected chi connectivity index (χ4v) is 3.15. The van der Waals surface area contributed by atoms with Crippen molar-refractivity contribution in [3.63, 3.8) is 0 Å². The minimum atomic E-state index is -4.32. The number of nitrogens with zero attached hydrogens (tertiary/aromatic N) is 1. The summed E-state index contributed by atoms with van der Waals surface area (Å²) in [6.07, 6.45) is -2.37. The van der Waals surface area contributed by atoms with E-state index in [1.54, 1.807) is 32.3 Å². The molecular formula is C18H20F3NO3S. The monoisotopic (exact) mass is 387 g/mol. The van der Waals surface area contributed by atoms with Crippen LogP contribution in [0.2, 0.25) is 0 Å². The molecule has 2 rings (SSSR count). The fourth-order valence-electron chi connectivity index (χ4n) is 2.43. The van der Waals surface area contributed by atoms with E-state index in [1.165, 1.54) is 23.0 Å². The van der Waals surface area contributed by atoms with Crippen LogP contribution in [-0.2, 0) is 16.6 Å². The van der Waals surface area contributed by atoms with Crippen LogP contribution in [0.5, 0.6) is 5.75 Å². The summed E-state index contributed by atoms with van der Waals surface area (Å²) in [6, 6.07) is 6.21. The topological polar surface area (TPSA) is 48.3 Å². The van der Waals surface area contributed by atoms with Gasteiger partial charge in [-0.2, -0.15) is 13.2 Å². The lowest BCUT2D eigenvalue weighted by atomic mass is 10.0. The smallest absolute Gasteiger partial charge is 0.392 e. The summed E-state index contributed by atoms with van der Waals surface area (Å²) in [5.41, 5.74) is 1.34. The number of rotatable bonds is 5. The van der Waals surface area contributed by atoms with Gasteiger partial charge in [-0.15, -0.1) is 0 Å². The molecule has 2 aromatic rings. The second-order valence-electron chi connectivity index (χ2n) is 6.20. The molecule has 0 aliphatic heterocycles. The Kier molecular flexibility index (Phi) is 5.55. The summed E-state index contributed by atoms with van der Waals surface area (Å²) in [6.45, 7) is 1.11. The zero-order valence-electron chi connectivity index (χ0n) is 14.7. The highest BCUT2D eigenvalue weighted by Crippen LogP contribution is 2.33. The van der Waals surface area contributed by atoms with E-state index < -0.39 is 28.7 Å². The van der Waals surface area contributed by atoms with E-state index in [-0.39, 0.29) is 11.3 Å². The number of aryl methyl sites for hydroxylation is 2. The molecule has 1 heterocycles. The molecule has 0 radical (unpaired) electrons. The third kappa shape index (κ3) is 4.91. The highest BCUT2D eigenvalue weighted by atomic mass is 32.2. The average molecular weight is 387 g/mol. The summed E-state index contributed by atoms with van der Waals surface area (Å²) < 4.78 is 56.1. The van der Waals surface area contributed by atoms with E-state index in [4.69, 9.17) is 4.74 Å². The van der Waals surface area contributed by atoms with Gasteiger partial charge in [-0.3, -0.25) is 9.00 Å². The SMILES string of the molecule is C=S(C)(=O)c1ccc(OCCC(F)(F)F)c(-c2cc(C)c(=O)n(C)c2)c1. The van der Waals surface area contributed by atoms with E-state index in [0.717, 1.165) is 0 Å². The molecule has 1 unspecified atom stereocenters. The molecule has 26 heavy (non-hydrogen) atoms. The second-order valence-corrected chi connectivity index (χ2v) is 8.69. The molecule has 0 fully saturated rings. The third-order valence-corrected chi connectivity index (χ3v) is 5.02. The van der Waals surface area contributed by atoms with Gasteiger partial charge in [0, 0.05) is 41.1 Å². The maximum atomic E-state index is 12.4. The zero-order valence-corrected chi connectivity index (χ0v) is 15.5. The molecule has 1 atom stereocenters. The van der Waals surface area contributed by atoms with Crippen LogP contribution in [0.1, 0.15) is 12.0 Å². The molecule has 0 N–H and O–H groups in total. The van der Waals surface area contributed by atoms with Crippen molar-refractivity contribution in [2.45, 2.75) is 24.4 Å². The minimum absolute atomic E-state index is 0.180. The van der Waals surface area contributed by atoms with Gasteiger partial charge < -0.3 is 9.30 Å². The van der Waals surface area contributed by atoms with Gasteiger partial charge in [-0.1, -0.05) is 0 Å². The first-order valence-electron chi connectivity index (χ1n) is 7.72. The molecule has 0 aliphatic rings. The Hall–Kier alpha value is -2.22. The van der Waals surface area contributed by atoms with Crippen LogP contribution in [0, 0.1) is 6.92 Å². The summed E-state index contributed by atoms with van der Waals surface area (Å²) in [5.74, 6) is 3.85. The number of benzene rings is 1. The van der Waals surface area contributed by atoms with Crippen LogP contribution >= 0.6 is 0 Å². The van der Waals surface area contributed by atoms with Gasteiger partial charge in [0.1, 0.15) is 5.75 Å². The molecule has 0 amide bonds. The Labute approximate surface area is 150 Å². The third-order valence-electron chi connectivity index (χ3n) is 3.77. The Morgan fingerprint density at radius 3 is 2.46 bits per heavy atom. The number of hydrogen-bond acceptors (Lipinski definition) is 3. The minimum Gasteiger partial charge on any atom is -0.493 e. The summed E-state index contributed by atoms with van der Waals surface area (Å²) >= 11 is 0. The molecule has 0 bridgehead atoms. The fraction of sp³-hybridized carbons (Fsp3) is 0.333. The molecule has 1 aromatic carbocycles. The van der Waals surface area contributed by atoms with Crippen molar-refractivity contribution in [3.05, 3.63) is 46.4 Å². The van der Waals surface area contributed by atoms with Crippen LogP contribution in [0.15, 0.2) is 40.2 Å². The Balaban J connectivity index is 2.54. The normalized spacial score (nSPS) is 14.1. The van der Waals surface area contributed by atoms with Gasteiger partial charge in [0.2, 0.25) is 0 Å². The molecule has 8 heteroatoms. The first-order chi connectivity index (χ1) is 11.9. The van der Waals surface area contributed by atoms with Gasteiger partial charge in [-0.05, 0) is 46.6 Å². The predicted molar refractivity (Wildman–Crippen MR) is 97.5 cm³/mol. The first-order valence-corrected chi connectivity index (χ1v) is 9.85. The predicted octanol–water partition coefficient (Wildman–Crippen LogP) is 3.40. The molecule has 0 spiro atoms. The van der Waals surface area contributed by atoms with E-state index in [9.17, 15) is 22.2 Å². The highest BCUT2D eigenvalue weighted by molar-refractivity contribution is 7.99. The van der Waals surface area contributed by atoms with Crippen LogP contribution in [0.3, 0.4) is 0 Å². The van der Waals surface area contributed by atoms with Crippen molar-refractivity contribution in [2.24, 2.45) is 7.05 Å². The molecular weight excluding hydrogens is 367 g/mol. The second kappa shape index (κ2) is 7.19. The largest absolute Gasteiger partial charge is 0.493 e. The van der Waals surface area contributed by atoms with E-state index >= 15 is 0 Å². The standard InChI is InChI=1S/C18H20F3NO3S/c1-12-9-13(11-22(2)17(12)23)15-10-14(26(3,4)24)5-6-16(15)25-8-7-18(19,20)21/h5-6,9-11H,3,7-8H2,1-2,4H3. The van der Waals surface area contributed by atoms with Gasteiger partial charge in [-0.25, -0.2) is 0 Å². The average Bonchev–Trinajstić information content (AvgIpc) is 2.50. The van der Waals surface area contributed by atoms with E-state index in [0.29, 0.717) is 21.6 Å². The van der Waals surface area contributed by atoms with Gasteiger partial charge in [0.25, 0.3) is 5.56 Å². The lowest BCUT2D eigenvalue weighted by molar-refractivity contribution is -0.139. The lowest BCUT2D eigenvalue weighted by Gasteiger charge is -2.16. The Morgan fingerprint density at radius 1 is 1.27 bits per heavy atom. The maximum absolute atomic E-state index is 12.4. The van der Waals surface area contributed by atoms with Gasteiger partial charge >= 0.3 is 6.18 Å². The number of pyridine rings is 1. The molecule has 4 nitrogen and oxygen atoms in total. The zero-order chi connectivity index (χ0) is 19.7. The quantitative estimate of drug-likeness (QED) is 0.739. The summed E-state index contributed by atoms with van der Waals surface area (Å²) in [4.78, 5) is 12.3. The Bertz CT molecular complexity index is 950. The van der Waals surface area contributed by atoms with Crippen molar-refractivity contribution in [2.75, 3.05) is 12.9 Å². The van der Waals surface area contributed by atoms with E-state index in [2.05, 4.69) is 5.87 Å². The maximum Gasteiger partial charge on any atom is 0.392 e. The molecule has 0 saturated carbocycles. The van der Waals surface area contributed by atoms with Crippen molar-refractivity contribution in [1.29, 1.82) is 0 Å². The number of ether oxygens (including phenoxy) is 1. The number of alkyl halides is 3. The van der Waals surface area contributed by atoms with Crippen molar-refractivity contribution >= 4 is 15.4 Å². The van der Waals surface area contributed by atoms with Crippen LogP contribution in [0.25, 0.3) is 11.1 Å². The number of halogens is 3. The van der Waals surface area contributed by atoms with Crippen molar-refractivity contribution in [1.82, 2.24) is 4.57 Å². The summed E-state index contributed by atoms with van der Waals surface area (Å²) in [7, 11) is -0.946.